The molecule has 2 aromatic heterocycles. The fourth-order valence-electron chi connectivity index (χ4n) is 6.31. The molecule has 0 atom stereocenters. The summed E-state index contributed by atoms with van der Waals surface area (Å²) in [5, 5.41) is 0. The minimum absolute atomic E-state index is 0.000256. The molecule has 0 spiro atoms. The zero-order valence-corrected chi connectivity index (χ0v) is 34.7. The van der Waals surface area contributed by atoms with Crippen molar-refractivity contribution >= 4 is 23.9 Å². The normalized spacial score (nSPS) is 11.8. The van der Waals surface area contributed by atoms with E-state index in [1.165, 1.54) is 0 Å². The van der Waals surface area contributed by atoms with Crippen molar-refractivity contribution in [3.63, 3.8) is 0 Å². The smallest absolute Gasteiger partial charge is 0.333 e. The Labute approximate surface area is 354 Å². The number of pyridine rings is 2. The minimum atomic E-state index is -1.10. The van der Waals surface area contributed by atoms with Crippen LogP contribution in [0.15, 0.2) is 122 Å². The van der Waals surface area contributed by atoms with E-state index in [0.717, 1.165) is 11.1 Å². The average molecular weight is 833 g/mol. The molecule has 4 aromatic rings. The van der Waals surface area contributed by atoms with Crippen LogP contribution < -0.4 is 18.9 Å². The third-order valence-corrected chi connectivity index (χ3v) is 9.09. The maximum atomic E-state index is 12.1. The molecule has 0 saturated heterocycles. The van der Waals surface area contributed by atoms with Crippen molar-refractivity contribution in [2.75, 3.05) is 52.9 Å². The molecule has 14 nitrogen and oxygen atoms in total. The molecule has 5 rings (SSSR count). The average Bonchev–Trinajstić information content (AvgIpc) is 3.55. The number of carbonyl (C=O) groups excluding carboxylic acids is 4. The van der Waals surface area contributed by atoms with Gasteiger partial charge in [0.15, 0.2) is 23.0 Å². The summed E-state index contributed by atoms with van der Waals surface area (Å²) in [4.78, 5) is 57.9. The van der Waals surface area contributed by atoms with Crippen LogP contribution in [-0.2, 0) is 43.5 Å². The molecular formula is C47H48N2O12. The van der Waals surface area contributed by atoms with E-state index in [1.54, 1.807) is 52.2 Å². The highest BCUT2D eigenvalue weighted by Crippen LogP contribution is 2.56. The van der Waals surface area contributed by atoms with E-state index >= 15 is 0 Å². The number of rotatable bonds is 22. The molecule has 1 aliphatic rings. The Hall–Kier alpha value is -7.22. The predicted molar refractivity (Wildman–Crippen MR) is 224 cm³/mol. The summed E-state index contributed by atoms with van der Waals surface area (Å²) in [6.45, 7) is 20.4. The molecule has 0 radical (unpaired) electrons. The third kappa shape index (κ3) is 10.7. The van der Waals surface area contributed by atoms with Gasteiger partial charge in [0, 0.05) is 34.7 Å². The number of nitrogens with zero attached hydrogens (tertiary/aromatic N) is 2. The summed E-state index contributed by atoms with van der Waals surface area (Å²) in [7, 11) is 0. The van der Waals surface area contributed by atoms with Crippen molar-refractivity contribution in [2.24, 2.45) is 0 Å². The van der Waals surface area contributed by atoms with Crippen LogP contribution in [0.3, 0.4) is 0 Å². The fourth-order valence-corrected chi connectivity index (χ4v) is 6.31. The SMILES string of the molecule is C=C(C)C(=O)OCCOc1ccc(C2(c3ccc(OCCOC(=O)C(=C)C)c(OCCOC(=O)C(=C)C)c3)c3cccnc3-c3ncccc32)cc1OCCOC(=O)C(=C)C. The molecule has 2 aromatic carbocycles. The second-order valence-corrected chi connectivity index (χ2v) is 13.9. The fraction of sp³-hybridized carbons (Fsp3) is 0.277. The van der Waals surface area contributed by atoms with Crippen LogP contribution in [0.2, 0.25) is 0 Å². The van der Waals surface area contributed by atoms with Gasteiger partial charge in [-0.2, -0.15) is 0 Å². The van der Waals surface area contributed by atoms with Gasteiger partial charge in [0.25, 0.3) is 0 Å². The van der Waals surface area contributed by atoms with Gasteiger partial charge in [-0.05, 0) is 86.3 Å². The summed E-state index contributed by atoms with van der Waals surface area (Å²) < 4.78 is 45.7. The van der Waals surface area contributed by atoms with Crippen LogP contribution in [0.5, 0.6) is 23.0 Å². The number of aromatic nitrogens is 2. The Morgan fingerprint density at radius 1 is 0.459 bits per heavy atom. The van der Waals surface area contributed by atoms with E-state index in [2.05, 4.69) is 26.3 Å². The van der Waals surface area contributed by atoms with E-state index in [0.29, 0.717) is 45.5 Å². The molecular weight excluding hydrogens is 785 g/mol. The van der Waals surface area contributed by atoms with E-state index in [1.807, 2.05) is 48.5 Å². The highest BCUT2D eigenvalue weighted by atomic mass is 16.6. The van der Waals surface area contributed by atoms with E-state index < -0.39 is 29.3 Å². The number of hydrogen-bond donors (Lipinski definition) is 0. The van der Waals surface area contributed by atoms with Gasteiger partial charge < -0.3 is 37.9 Å². The number of ether oxygens (including phenoxy) is 8. The number of benzene rings is 2. The number of carbonyl (C=O) groups is 4. The Kier molecular flexibility index (Phi) is 15.2. The van der Waals surface area contributed by atoms with Gasteiger partial charge in [0.05, 0.1) is 16.8 Å². The first-order valence-corrected chi connectivity index (χ1v) is 19.3. The maximum absolute atomic E-state index is 12.1. The molecule has 14 heteroatoms. The van der Waals surface area contributed by atoms with E-state index in [-0.39, 0.29) is 75.1 Å². The molecule has 61 heavy (non-hydrogen) atoms. The molecule has 0 aliphatic heterocycles. The number of esters is 4. The monoisotopic (exact) mass is 832 g/mol. The lowest BCUT2D eigenvalue weighted by atomic mass is 9.68. The second-order valence-electron chi connectivity index (χ2n) is 13.9. The first-order valence-electron chi connectivity index (χ1n) is 19.3. The highest BCUT2D eigenvalue weighted by molar-refractivity contribution is 5.88. The van der Waals surface area contributed by atoms with Crippen LogP contribution in [0.25, 0.3) is 11.4 Å². The lowest BCUT2D eigenvalue weighted by molar-refractivity contribution is -0.140. The molecule has 0 fully saturated rings. The van der Waals surface area contributed by atoms with Crippen LogP contribution in [0.1, 0.15) is 49.9 Å². The molecule has 0 bridgehead atoms. The Morgan fingerprint density at radius 2 is 0.770 bits per heavy atom. The Balaban J connectivity index is 1.62. The molecule has 0 saturated carbocycles. The minimum Gasteiger partial charge on any atom is -0.486 e. The topological polar surface area (TPSA) is 168 Å². The van der Waals surface area contributed by atoms with Gasteiger partial charge in [-0.3, -0.25) is 9.97 Å². The van der Waals surface area contributed by atoms with Gasteiger partial charge in [-0.15, -0.1) is 0 Å². The summed E-state index contributed by atoms with van der Waals surface area (Å²) in [6, 6.07) is 18.5. The maximum Gasteiger partial charge on any atom is 0.333 e. The number of hydrogen-bond acceptors (Lipinski definition) is 14. The van der Waals surface area contributed by atoms with Gasteiger partial charge >= 0.3 is 23.9 Å². The van der Waals surface area contributed by atoms with Crippen molar-refractivity contribution in [1.82, 2.24) is 9.97 Å². The van der Waals surface area contributed by atoms with Crippen molar-refractivity contribution in [3.8, 4) is 34.4 Å². The zero-order chi connectivity index (χ0) is 44.1. The van der Waals surface area contributed by atoms with Gasteiger partial charge in [-0.1, -0.05) is 50.6 Å². The highest BCUT2D eigenvalue weighted by Gasteiger charge is 2.48. The Morgan fingerprint density at radius 3 is 1.08 bits per heavy atom. The second kappa shape index (κ2) is 20.7. The van der Waals surface area contributed by atoms with Crippen LogP contribution >= 0.6 is 0 Å². The summed E-state index contributed by atoms with van der Waals surface area (Å²) >= 11 is 0. The third-order valence-electron chi connectivity index (χ3n) is 9.09. The largest absolute Gasteiger partial charge is 0.486 e. The first kappa shape index (κ1) is 44.9. The molecule has 0 N–H and O–H groups in total. The molecule has 318 valence electrons. The summed E-state index contributed by atoms with van der Waals surface area (Å²) in [5.74, 6) is -0.937. The molecule has 2 heterocycles. The van der Waals surface area contributed by atoms with Crippen LogP contribution in [-0.4, -0.2) is 86.7 Å². The predicted octanol–water partition coefficient (Wildman–Crippen LogP) is 6.83. The zero-order valence-electron chi connectivity index (χ0n) is 34.7. The van der Waals surface area contributed by atoms with Crippen molar-refractivity contribution in [2.45, 2.75) is 33.1 Å². The van der Waals surface area contributed by atoms with Gasteiger partial charge in [0.1, 0.15) is 52.9 Å². The van der Waals surface area contributed by atoms with Crippen molar-refractivity contribution in [3.05, 3.63) is 144 Å². The lowest BCUT2D eigenvalue weighted by Gasteiger charge is -2.34. The summed E-state index contributed by atoms with van der Waals surface area (Å²) in [5.41, 5.74) is 4.23. The number of fused-ring (bicyclic) bond motifs is 3. The van der Waals surface area contributed by atoms with Gasteiger partial charge in [0.2, 0.25) is 0 Å². The van der Waals surface area contributed by atoms with E-state index in [9.17, 15) is 19.2 Å². The van der Waals surface area contributed by atoms with E-state index in [4.69, 9.17) is 47.9 Å². The molecule has 0 amide bonds. The van der Waals surface area contributed by atoms with Crippen molar-refractivity contribution in [1.29, 1.82) is 0 Å². The molecule has 0 unspecified atom stereocenters. The standard InChI is InChI=1S/C47H48N2O12/c1-29(2)43(50)58-23-19-54-37-15-13-33(27-39(37)56-21-25-60-45(52)31(5)6)47(35-11-9-17-48-41(35)42-36(47)12-10-18-49-42)34-14-16-38(55-20-24-59-44(51)30(3)4)40(28-34)57-22-26-61-46(53)32(7)8/h9-18,27-28H,1,3,5,7,19-26H2,2,4,6,8H3. The Bertz CT molecular complexity index is 2190. The lowest BCUT2D eigenvalue weighted by Crippen LogP contribution is -2.29. The quantitative estimate of drug-likeness (QED) is 0.0308. The van der Waals surface area contributed by atoms with Crippen LogP contribution in [0.4, 0.5) is 0 Å². The van der Waals surface area contributed by atoms with Crippen LogP contribution in [0, 0.1) is 0 Å². The summed E-state index contributed by atoms with van der Waals surface area (Å²) in [6.07, 6.45) is 3.40. The van der Waals surface area contributed by atoms with Gasteiger partial charge in [-0.25, -0.2) is 19.2 Å². The molecule has 1 aliphatic carbocycles. The first-order chi connectivity index (χ1) is 29.2. The van der Waals surface area contributed by atoms with Crippen molar-refractivity contribution < 1.29 is 57.1 Å².